The van der Waals surface area contributed by atoms with Gasteiger partial charge in [0.05, 0.1) is 16.9 Å². The Bertz CT molecular complexity index is 1550. The first-order valence-electron chi connectivity index (χ1n) is 12.0. The summed E-state index contributed by atoms with van der Waals surface area (Å²) in [5.41, 5.74) is 6.39. The molecule has 1 aromatic heterocycles. The zero-order valence-corrected chi connectivity index (χ0v) is 20.9. The summed E-state index contributed by atoms with van der Waals surface area (Å²) in [6, 6.07) is 19.3. The number of aromatic nitrogens is 2. The van der Waals surface area contributed by atoms with E-state index in [1.54, 1.807) is 0 Å². The summed E-state index contributed by atoms with van der Waals surface area (Å²) in [7, 11) is 5.92. The largest absolute Gasteiger partial charge is 0.312 e. The molecule has 0 spiro atoms. The van der Waals surface area contributed by atoms with E-state index < -0.39 is 0 Å². The van der Waals surface area contributed by atoms with Crippen LogP contribution < -0.4 is 10.9 Å². The van der Waals surface area contributed by atoms with Crippen LogP contribution in [0.15, 0.2) is 70.6 Å². The smallest absolute Gasteiger partial charge is 0.258 e. The lowest BCUT2D eigenvalue weighted by atomic mass is 9.95. The number of rotatable bonds is 6. The fourth-order valence-corrected chi connectivity index (χ4v) is 4.46. The molecule has 0 saturated carbocycles. The van der Waals surface area contributed by atoms with E-state index in [2.05, 4.69) is 58.6 Å². The first-order valence-corrected chi connectivity index (χ1v) is 12.0. The van der Waals surface area contributed by atoms with Gasteiger partial charge in [0.25, 0.3) is 5.56 Å². The van der Waals surface area contributed by atoms with Gasteiger partial charge in [0.15, 0.2) is 0 Å². The minimum Gasteiger partial charge on any atom is -0.312 e. The highest BCUT2D eigenvalue weighted by molar-refractivity contribution is 6.02. The summed E-state index contributed by atoms with van der Waals surface area (Å²) in [5, 5.41) is 6.24. The van der Waals surface area contributed by atoms with Crippen LogP contribution in [0.1, 0.15) is 37.7 Å². The molecule has 0 aliphatic carbocycles. The van der Waals surface area contributed by atoms with Gasteiger partial charge in [-0.25, -0.2) is 4.98 Å². The van der Waals surface area contributed by atoms with Gasteiger partial charge in [0, 0.05) is 24.4 Å². The molecule has 4 aromatic rings. The molecule has 0 fully saturated rings. The van der Waals surface area contributed by atoms with Crippen LogP contribution in [0.4, 0.5) is 0 Å². The maximum Gasteiger partial charge on any atom is 0.258 e. The molecular weight excluding hydrogens is 434 g/mol. The number of aliphatic imine (C=N–C) groups is 1. The van der Waals surface area contributed by atoms with Gasteiger partial charge >= 0.3 is 0 Å². The monoisotopic (exact) mass is 465 g/mol. The Hall–Kier alpha value is -3.61. The minimum atomic E-state index is -0.103. The first kappa shape index (κ1) is 23.1. The van der Waals surface area contributed by atoms with E-state index in [-0.39, 0.29) is 17.6 Å². The summed E-state index contributed by atoms with van der Waals surface area (Å²) in [5.74, 6) is 0.674. The van der Waals surface area contributed by atoms with Gasteiger partial charge in [-0.05, 0) is 92.3 Å². The normalized spacial score (nSPS) is 15.5. The van der Waals surface area contributed by atoms with Crippen molar-refractivity contribution in [2.75, 3.05) is 21.1 Å². The Labute approximate surface area is 205 Å². The van der Waals surface area contributed by atoms with E-state index in [1.807, 2.05) is 57.4 Å². The van der Waals surface area contributed by atoms with E-state index in [0.29, 0.717) is 16.7 Å². The molecule has 1 aliphatic heterocycles. The fraction of sp³-hybridized carbons (Fsp3) is 0.276. The van der Waals surface area contributed by atoms with Gasteiger partial charge in [0.1, 0.15) is 5.82 Å². The second-order valence-corrected chi connectivity index (χ2v) is 9.56. The van der Waals surface area contributed by atoms with Crippen LogP contribution in [0.25, 0.3) is 38.4 Å². The van der Waals surface area contributed by atoms with E-state index >= 15 is 0 Å². The van der Waals surface area contributed by atoms with Gasteiger partial charge in [-0.1, -0.05) is 30.3 Å². The molecule has 2 heterocycles. The van der Waals surface area contributed by atoms with Crippen molar-refractivity contribution < 1.29 is 0 Å². The first-order chi connectivity index (χ1) is 16.8. The van der Waals surface area contributed by atoms with E-state index in [0.717, 1.165) is 17.5 Å². The Balaban J connectivity index is 1.46. The van der Waals surface area contributed by atoms with E-state index in [4.69, 9.17) is 4.98 Å². The SMILES string of the molecule is CNC(C)C1=NC=C(c2ccc3cc(-c4ccc5c(=O)[nH]c(C(C)N(C)C)nc5c4)ccc3c2)C1. The molecule has 3 aromatic carbocycles. The number of aromatic amines is 1. The molecule has 6 nitrogen and oxygen atoms in total. The molecule has 0 bridgehead atoms. The van der Waals surface area contributed by atoms with Gasteiger partial charge in [-0.15, -0.1) is 0 Å². The third kappa shape index (κ3) is 4.43. The van der Waals surface area contributed by atoms with Crippen LogP contribution >= 0.6 is 0 Å². The third-order valence-corrected chi connectivity index (χ3v) is 7.13. The predicted molar refractivity (Wildman–Crippen MR) is 146 cm³/mol. The average molecular weight is 466 g/mol. The van der Waals surface area contributed by atoms with Crippen molar-refractivity contribution in [2.45, 2.75) is 32.4 Å². The standard InChI is InChI=1S/C29H31N5O/c1-17(30-3)26-15-24(16-31-26)22-9-8-19-12-21(7-6-20(19)13-22)23-10-11-25-27(14-23)32-28(33-29(25)35)18(2)34(4)5/h6-14,16-18,30H,15H2,1-5H3,(H,32,33,35). The van der Waals surface area contributed by atoms with Crippen molar-refractivity contribution in [1.82, 2.24) is 20.2 Å². The highest BCUT2D eigenvalue weighted by Crippen LogP contribution is 2.31. The molecular formula is C29H31N5O. The summed E-state index contributed by atoms with van der Waals surface area (Å²) in [4.78, 5) is 27.0. The summed E-state index contributed by atoms with van der Waals surface area (Å²) in [6.07, 6.45) is 2.87. The maximum atomic E-state index is 12.6. The van der Waals surface area contributed by atoms with E-state index in [1.165, 1.54) is 27.6 Å². The number of H-pyrrole nitrogens is 1. The Morgan fingerprint density at radius 2 is 1.60 bits per heavy atom. The van der Waals surface area contributed by atoms with Crippen molar-refractivity contribution in [1.29, 1.82) is 0 Å². The molecule has 178 valence electrons. The highest BCUT2D eigenvalue weighted by atomic mass is 16.1. The molecule has 2 N–H and O–H groups in total. The topological polar surface area (TPSA) is 73.4 Å². The van der Waals surface area contributed by atoms with Crippen molar-refractivity contribution in [3.8, 4) is 11.1 Å². The summed E-state index contributed by atoms with van der Waals surface area (Å²) >= 11 is 0. The number of hydrogen-bond donors (Lipinski definition) is 2. The molecule has 1 aliphatic rings. The van der Waals surface area contributed by atoms with Crippen LogP contribution in [0.3, 0.4) is 0 Å². The fourth-order valence-electron chi connectivity index (χ4n) is 4.46. The second kappa shape index (κ2) is 9.21. The summed E-state index contributed by atoms with van der Waals surface area (Å²) in [6.45, 7) is 4.17. The highest BCUT2D eigenvalue weighted by Gasteiger charge is 2.17. The quantitative estimate of drug-likeness (QED) is 0.413. The number of benzene rings is 3. The lowest BCUT2D eigenvalue weighted by Gasteiger charge is -2.18. The molecule has 0 amide bonds. The number of nitrogens with one attached hydrogen (secondary N) is 2. The van der Waals surface area contributed by atoms with Crippen molar-refractivity contribution in [3.05, 3.63) is 82.5 Å². The molecule has 2 atom stereocenters. The van der Waals surface area contributed by atoms with Crippen LogP contribution in [0.5, 0.6) is 0 Å². The Morgan fingerprint density at radius 3 is 2.31 bits per heavy atom. The number of fused-ring (bicyclic) bond motifs is 2. The molecule has 6 heteroatoms. The number of allylic oxidation sites excluding steroid dienone is 1. The van der Waals surface area contributed by atoms with Crippen molar-refractivity contribution in [2.24, 2.45) is 4.99 Å². The summed E-state index contributed by atoms with van der Waals surface area (Å²) < 4.78 is 0. The molecule has 2 unspecified atom stereocenters. The third-order valence-electron chi connectivity index (χ3n) is 7.13. The van der Waals surface area contributed by atoms with Crippen LogP contribution in [0.2, 0.25) is 0 Å². The maximum absolute atomic E-state index is 12.6. The number of hydrogen-bond acceptors (Lipinski definition) is 5. The second-order valence-electron chi connectivity index (χ2n) is 9.56. The number of nitrogens with zero attached hydrogens (tertiary/aromatic N) is 3. The van der Waals surface area contributed by atoms with E-state index in [9.17, 15) is 4.79 Å². The van der Waals surface area contributed by atoms with Crippen molar-refractivity contribution in [3.63, 3.8) is 0 Å². The molecule has 0 saturated heterocycles. The minimum absolute atomic E-state index is 0.0172. The average Bonchev–Trinajstić information content (AvgIpc) is 3.37. The van der Waals surface area contributed by atoms with Crippen molar-refractivity contribution >= 4 is 33.0 Å². The Kier molecular flexibility index (Phi) is 6.09. The zero-order chi connectivity index (χ0) is 24.7. The lowest BCUT2D eigenvalue weighted by molar-refractivity contribution is 0.309. The van der Waals surface area contributed by atoms with Gasteiger partial charge < -0.3 is 10.3 Å². The van der Waals surface area contributed by atoms with Gasteiger partial charge in [-0.2, -0.15) is 0 Å². The van der Waals surface area contributed by atoms with Gasteiger partial charge in [-0.3, -0.25) is 14.7 Å². The van der Waals surface area contributed by atoms with Gasteiger partial charge in [0.2, 0.25) is 0 Å². The molecule has 35 heavy (non-hydrogen) atoms. The molecule has 5 rings (SSSR count). The molecule has 0 radical (unpaired) electrons. The lowest BCUT2D eigenvalue weighted by Crippen LogP contribution is -2.29. The zero-order valence-electron chi connectivity index (χ0n) is 20.9. The van der Waals surface area contributed by atoms with Crippen LogP contribution in [-0.4, -0.2) is 47.8 Å². The predicted octanol–water partition coefficient (Wildman–Crippen LogP) is 5.16. The van der Waals surface area contributed by atoms with Crippen LogP contribution in [0, 0.1) is 0 Å². The van der Waals surface area contributed by atoms with Crippen LogP contribution in [-0.2, 0) is 0 Å². The Morgan fingerprint density at radius 1 is 0.943 bits per heavy atom.